The molecule has 0 bridgehead atoms. The molecule has 1 aliphatic rings. The molecule has 8 heteroatoms. The SMILES string of the molecule is CN=C(NCC(C)Oc1ccccc1OC)N(C)Cc1nc2c(s1)CCCC2.I. The van der Waals surface area contributed by atoms with E-state index in [0.29, 0.717) is 6.54 Å². The van der Waals surface area contributed by atoms with E-state index in [0.717, 1.165) is 35.4 Å². The summed E-state index contributed by atoms with van der Waals surface area (Å²) in [7, 11) is 5.50. The van der Waals surface area contributed by atoms with Crippen molar-refractivity contribution in [2.24, 2.45) is 4.99 Å². The van der Waals surface area contributed by atoms with Crippen LogP contribution < -0.4 is 14.8 Å². The van der Waals surface area contributed by atoms with Crippen LogP contribution in [-0.4, -0.2) is 49.7 Å². The Bertz CT molecular complexity index is 788. The number of guanidine groups is 1. The van der Waals surface area contributed by atoms with Crippen molar-refractivity contribution in [1.82, 2.24) is 15.2 Å². The Balaban J connectivity index is 0.00000300. The number of rotatable bonds is 7. The third-order valence-corrected chi connectivity index (χ3v) is 5.92. The van der Waals surface area contributed by atoms with Crippen LogP contribution in [0, 0.1) is 0 Å². The molecule has 1 aliphatic carbocycles. The third kappa shape index (κ3) is 6.47. The van der Waals surface area contributed by atoms with Crippen LogP contribution in [-0.2, 0) is 19.4 Å². The first-order valence-electron chi connectivity index (χ1n) is 9.79. The normalized spacial score (nSPS) is 14.4. The summed E-state index contributed by atoms with van der Waals surface area (Å²) < 4.78 is 11.4. The van der Waals surface area contributed by atoms with Crippen LogP contribution in [0.1, 0.15) is 35.3 Å². The van der Waals surface area contributed by atoms with E-state index in [-0.39, 0.29) is 30.1 Å². The quantitative estimate of drug-likeness (QED) is 0.332. The van der Waals surface area contributed by atoms with Crippen molar-refractivity contribution in [3.8, 4) is 11.5 Å². The second-order valence-corrected chi connectivity index (χ2v) is 8.22. The van der Waals surface area contributed by atoms with Gasteiger partial charge in [-0.15, -0.1) is 35.3 Å². The molecule has 1 aromatic heterocycles. The maximum Gasteiger partial charge on any atom is 0.193 e. The van der Waals surface area contributed by atoms with Crippen LogP contribution >= 0.6 is 35.3 Å². The minimum Gasteiger partial charge on any atom is -0.493 e. The molecule has 29 heavy (non-hydrogen) atoms. The molecular weight excluding hydrogens is 499 g/mol. The van der Waals surface area contributed by atoms with Crippen molar-refractivity contribution in [1.29, 1.82) is 0 Å². The molecular formula is C21H31IN4O2S. The molecule has 0 saturated carbocycles. The maximum absolute atomic E-state index is 6.01. The Morgan fingerprint density at radius 3 is 2.69 bits per heavy atom. The average molecular weight is 530 g/mol. The molecule has 0 spiro atoms. The fourth-order valence-corrected chi connectivity index (χ4v) is 4.56. The second-order valence-electron chi connectivity index (χ2n) is 7.05. The number of aromatic nitrogens is 1. The fraction of sp³-hybridized carbons (Fsp3) is 0.524. The smallest absolute Gasteiger partial charge is 0.193 e. The average Bonchev–Trinajstić information content (AvgIpc) is 3.11. The summed E-state index contributed by atoms with van der Waals surface area (Å²) in [6, 6.07) is 7.69. The first kappa shape index (κ1) is 23.7. The Morgan fingerprint density at radius 2 is 2.00 bits per heavy atom. The van der Waals surface area contributed by atoms with E-state index in [1.165, 1.54) is 29.8 Å². The minimum atomic E-state index is -0.0337. The summed E-state index contributed by atoms with van der Waals surface area (Å²) in [4.78, 5) is 12.8. The van der Waals surface area contributed by atoms with Gasteiger partial charge in [-0.1, -0.05) is 12.1 Å². The molecule has 1 N–H and O–H groups in total. The topological polar surface area (TPSA) is 59.0 Å². The Morgan fingerprint density at radius 1 is 1.28 bits per heavy atom. The number of aliphatic imine (C=N–C) groups is 1. The van der Waals surface area contributed by atoms with Gasteiger partial charge in [0.25, 0.3) is 0 Å². The van der Waals surface area contributed by atoms with Gasteiger partial charge in [0.1, 0.15) is 11.1 Å². The number of methoxy groups -OCH3 is 1. The third-order valence-electron chi connectivity index (χ3n) is 4.78. The van der Waals surface area contributed by atoms with E-state index < -0.39 is 0 Å². The highest BCUT2D eigenvalue weighted by atomic mass is 127. The van der Waals surface area contributed by atoms with Crippen LogP contribution in [0.5, 0.6) is 11.5 Å². The highest BCUT2D eigenvalue weighted by molar-refractivity contribution is 14.0. The number of para-hydroxylation sites is 2. The molecule has 160 valence electrons. The zero-order valence-corrected chi connectivity index (χ0v) is 20.8. The number of ether oxygens (including phenoxy) is 2. The summed E-state index contributed by atoms with van der Waals surface area (Å²) >= 11 is 1.85. The molecule has 0 aliphatic heterocycles. The number of benzene rings is 1. The lowest BCUT2D eigenvalue weighted by atomic mass is 10.0. The van der Waals surface area contributed by atoms with Gasteiger partial charge in [-0.25, -0.2) is 4.98 Å². The standard InChI is InChI=1S/C21H30N4O2S.HI/c1-15(27-18-11-7-6-10-17(18)26-4)13-23-21(22-2)25(3)14-20-24-16-9-5-8-12-19(16)28-20;/h6-7,10-11,15H,5,8-9,12-14H2,1-4H3,(H,22,23);1H. The predicted octanol–water partition coefficient (Wildman–Crippen LogP) is 4.12. The van der Waals surface area contributed by atoms with Crippen LogP contribution in [0.2, 0.25) is 0 Å². The van der Waals surface area contributed by atoms with E-state index in [2.05, 4.69) is 15.2 Å². The van der Waals surface area contributed by atoms with E-state index in [9.17, 15) is 0 Å². The molecule has 6 nitrogen and oxygen atoms in total. The number of hydrogen-bond donors (Lipinski definition) is 1. The second kappa shape index (κ2) is 11.6. The van der Waals surface area contributed by atoms with Crippen molar-refractivity contribution in [2.45, 2.75) is 45.3 Å². The first-order valence-corrected chi connectivity index (χ1v) is 10.6. The molecule has 0 amide bonds. The van der Waals surface area contributed by atoms with Gasteiger partial charge in [-0.2, -0.15) is 0 Å². The molecule has 0 fully saturated rings. The van der Waals surface area contributed by atoms with E-state index in [1.54, 1.807) is 14.2 Å². The van der Waals surface area contributed by atoms with Gasteiger partial charge in [0, 0.05) is 19.0 Å². The van der Waals surface area contributed by atoms with Crippen LogP contribution in [0.3, 0.4) is 0 Å². The van der Waals surface area contributed by atoms with Crippen LogP contribution in [0.4, 0.5) is 0 Å². The van der Waals surface area contributed by atoms with E-state index >= 15 is 0 Å². The predicted molar refractivity (Wildman–Crippen MR) is 130 cm³/mol. The Kier molecular flexibility index (Phi) is 9.48. The molecule has 0 radical (unpaired) electrons. The number of hydrogen-bond acceptors (Lipinski definition) is 5. The summed E-state index contributed by atoms with van der Waals surface area (Å²) in [5.74, 6) is 2.32. The molecule has 1 heterocycles. The molecule has 1 aromatic carbocycles. The Hall–Kier alpha value is -1.55. The highest BCUT2D eigenvalue weighted by Crippen LogP contribution is 2.28. The Labute approximate surface area is 194 Å². The van der Waals surface area contributed by atoms with E-state index in [4.69, 9.17) is 14.5 Å². The number of halogens is 1. The number of nitrogens with zero attached hydrogens (tertiary/aromatic N) is 3. The minimum absolute atomic E-state index is 0. The van der Waals surface area contributed by atoms with Crippen molar-refractivity contribution < 1.29 is 9.47 Å². The van der Waals surface area contributed by atoms with Crippen molar-refractivity contribution in [3.63, 3.8) is 0 Å². The first-order chi connectivity index (χ1) is 13.6. The lowest BCUT2D eigenvalue weighted by Crippen LogP contribution is -2.42. The van der Waals surface area contributed by atoms with Gasteiger partial charge in [-0.3, -0.25) is 4.99 Å². The van der Waals surface area contributed by atoms with Gasteiger partial charge >= 0.3 is 0 Å². The largest absolute Gasteiger partial charge is 0.493 e. The number of thiazole rings is 1. The lowest BCUT2D eigenvalue weighted by molar-refractivity contribution is 0.212. The van der Waals surface area contributed by atoms with Gasteiger partial charge in [0.05, 0.1) is 25.9 Å². The summed E-state index contributed by atoms with van der Waals surface area (Å²) in [5, 5.41) is 4.56. The molecule has 1 atom stereocenters. The summed E-state index contributed by atoms with van der Waals surface area (Å²) in [6.45, 7) is 3.43. The van der Waals surface area contributed by atoms with Gasteiger partial charge in [-0.05, 0) is 44.7 Å². The van der Waals surface area contributed by atoms with Gasteiger partial charge in [0.2, 0.25) is 0 Å². The summed E-state index contributed by atoms with van der Waals surface area (Å²) in [5.41, 5.74) is 1.31. The zero-order valence-electron chi connectivity index (χ0n) is 17.6. The molecule has 3 rings (SSSR count). The van der Waals surface area contributed by atoms with E-state index in [1.807, 2.05) is 49.6 Å². The highest BCUT2D eigenvalue weighted by Gasteiger charge is 2.17. The van der Waals surface area contributed by atoms with Crippen LogP contribution in [0.25, 0.3) is 0 Å². The molecule has 0 saturated heterocycles. The molecule has 1 unspecified atom stereocenters. The van der Waals surface area contributed by atoms with Crippen LogP contribution in [0.15, 0.2) is 29.3 Å². The van der Waals surface area contributed by atoms with Crippen molar-refractivity contribution >= 4 is 41.3 Å². The molecule has 2 aromatic rings. The van der Waals surface area contributed by atoms with Gasteiger partial charge in [0.15, 0.2) is 17.5 Å². The van der Waals surface area contributed by atoms with Crippen molar-refractivity contribution in [3.05, 3.63) is 39.8 Å². The monoisotopic (exact) mass is 530 g/mol. The lowest BCUT2D eigenvalue weighted by Gasteiger charge is -2.23. The summed E-state index contributed by atoms with van der Waals surface area (Å²) in [6.07, 6.45) is 4.83. The van der Waals surface area contributed by atoms with Crippen molar-refractivity contribution in [2.75, 3.05) is 27.7 Å². The fourth-order valence-electron chi connectivity index (χ4n) is 3.35. The maximum atomic E-state index is 6.01. The number of nitrogens with one attached hydrogen (secondary N) is 1. The zero-order chi connectivity index (χ0) is 19.9. The number of fused-ring (bicyclic) bond motifs is 1. The number of aryl methyl sites for hydroxylation is 2. The van der Waals surface area contributed by atoms with Gasteiger partial charge < -0.3 is 19.7 Å².